The zero-order chi connectivity index (χ0) is 17.9. The topological polar surface area (TPSA) is 80.7 Å². The predicted molar refractivity (Wildman–Crippen MR) is 91.3 cm³/mol. The van der Waals surface area contributed by atoms with Crippen molar-refractivity contribution in [3.05, 3.63) is 45.0 Å². The highest BCUT2D eigenvalue weighted by Gasteiger charge is 2.30. The predicted octanol–water partition coefficient (Wildman–Crippen LogP) is 3.11. The smallest absolute Gasteiger partial charge is 0.336 e. The Kier molecular flexibility index (Phi) is 3.32. The Balaban J connectivity index is 1.97. The third kappa shape index (κ3) is 2.28. The van der Waals surface area contributed by atoms with E-state index in [1.807, 2.05) is 26.8 Å². The molecule has 1 fully saturated rings. The number of hydrogen-bond acceptors (Lipinski definition) is 5. The van der Waals surface area contributed by atoms with Crippen molar-refractivity contribution < 1.29 is 18.4 Å². The molecule has 0 atom stereocenters. The van der Waals surface area contributed by atoms with Gasteiger partial charge >= 0.3 is 5.63 Å². The molecule has 4 rings (SSSR count). The average molecular weight is 339 g/mol. The molecule has 128 valence electrons. The van der Waals surface area contributed by atoms with E-state index in [1.54, 1.807) is 0 Å². The summed E-state index contributed by atoms with van der Waals surface area (Å²) in [5.41, 5.74) is 3.09. The number of likely N-dealkylation sites (tertiary alicyclic amines) is 1. The van der Waals surface area contributed by atoms with Crippen LogP contribution in [0.3, 0.4) is 0 Å². The van der Waals surface area contributed by atoms with Crippen molar-refractivity contribution in [3.8, 4) is 0 Å². The molecule has 2 amide bonds. The Morgan fingerprint density at radius 2 is 1.56 bits per heavy atom. The van der Waals surface area contributed by atoms with Gasteiger partial charge in [-0.1, -0.05) is 0 Å². The van der Waals surface area contributed by atoms with Gasteiger partial charge in [-0.05, 0) is 32.4 Å². The molecule has 0 unspecified atom stereocenters. The van der Waals surface area contributed by atoms with Gasteiger partial charge in [0.2, 0.25) is 11.8 Å². The largest absolute Gasteiger partial charge is 0.461 e. The van der Waals surface area contributed by atoms with Crippen LogP contribution in [0.2, 0.25) is 0 Å². The fourth-order valence-electron chi connectivity index (χ4n) is 3.51. The maximum Gasteiger partial charge on any atom is 0.336 e. The van der Waals surface area contributed by atoms with Crippen LogP contribution in [-0.2, 0) is 16.1 Å². The Morgan fingerprint density at radius 1 is 0.920 bits per heavy atom. The first-order chi connectivity index (χ1) is 11.9. The fourth-order valence-corrected chi connectivity index (χ4v) is 3.51. The molecule has 1 aromatic carbocycles. The summed E-state index contributed by atoms with van der Waals surface area (Å²) < 4.78 is 11.3. The summed E-state index contributed by atoms with van der Waals surface area (Å²) >= 11 is 0. The first kappa shape index (κ1) is 15.6. The van der Waals surface area contributed by atoms with Crippen molar-refractivity contribution in [2.24, 2.45) is 0 Å². The Hall–Kier alpha value is -2.89. The monoisotopic (exact) mass is 339 g/mol. The maximum absolute atomic E-state index is 12.0. The van der Waals surface area contributed by atoms with E-state index in [-0.39, 0.29) is 31.2 Å². The molecule has 0 aliphatic carbocycles. The minimum atomic E-state index is -0.399. The third-order valence-electron chi connectivity index (χ3n) is 4.90. The lowest BCUT2D eigenvalue weighted by Crippen LogP contribution is -2.28. The number of benzene rings is 1. The van der Waals surface area contributed by atoms with E-state index in [9.17, 15) is 14.4 Å². The second kappa shape index (κ2) is 5.31. The van der Waals surface area contributed by atoms with Crippen LogP contribution in [0.15, 0.2) is 25.8 Å². The van der Waals surface area contributed by atoms with Gasteiger partial charge in [0.05, 0.1) is 6.54 Å². The SMILES string of the molecule is Cc1oc2c(C)c3oc(=O)cc(C)c3cc2c1CN1C(=O)CCC1=O. The molecule has 0 spiro atoms. The summed E-state index contributed by atoms with van der Waals surface area (Å²) in [4.78, 5) is 36.9. The van der Waals surface area contributed by atoms with Crippen LogP contribution in [0, 0.1) is 20.8 Å². The summed E-state index contributed by atoms with van der Waals surface area (Å²) in [5, 5.41) is 1.66. The Labute approximate surface area is 143 Å². The van der Waals surface area contributed by atoms with E-state index < -0.39 is 5.63 Å². The standard InChI is InChI=1S/C19H17NO5/c1-9-6-17(23)25-18-10(2)19-13(7-12(9)18)14(11(3)24-19)8-20-15(21)4-5-16(20)22/h6-7H,4-5,8H2,1-3H3. The zero-order valence-corrected chi connectivity index (χ0v) is 14.3. The summed E-state index contributed by atoms with van der Waals surface area (Å²) in [7, 11) is 0. The van der Waals surface area contributed by atoms with Gasteiger partial charge in [-0.3, -0.25) is 14.5 Å². The third-order valence-corrected chi connectivity index (χ3v) is 4.90. The van der Waals surface area contributed by atoms with Crippen molar-refractivity contribution >= 4 is 33.8 Å². The maximum atomic E-state index is 12.0. The number of carbonyl (C=O) groups excluding carboxylic acids is 2. The molecule has 3 heterocycles. The van der Waals surface area contributed by atoms with E-state index in [4.69, 9.17) is 8.83 Å². The van der Waals surface area contributed by atoms with E-state index in [2.05, 4.69) is 0 Å². The normalized spacial score (nSPS) is 15.1. The number of aryl methyl sites for hydroxylation is 3. The first-order valence-corrected chi connectivity index (χ1v) is 8.16. The molecule has 0 radical (unpaired) electrons. The number of nitrogens with zero attached hydrogens (tertiary/aromatic N) is 1. The molecule has 3 aromatic rings. The van der Waals surface area contributed by atoms with Crippen LogP contribution in [0.1, 0.15) is 35.3 Å². The van der Waals surface area contributed by atoms with Gasteiger partial charge in [0, 0.05) is 40.8 Å². The second-order valence-electron chi connectivity index (χ2n) is 6.51. The lowest BCUT2D eigenvalue weighted by atomic mass is 10.0. The molecule has 1 aliphatic heterocycles. The molecule has 0 N–H and O–H groups in total. The number of imide groups is 1. The second-order valence-corrected chi connectivity index (χ2v) is 6.51. The quantitative estimate of drug-likeness (QED) is 0.529. The molecule has 1 aliphatic rings. The van der Waals surface area contributed by atoms with Crippen molar-refractivity contribution in [2.75, 3.05) is 0 Å². The Bertz CT molecular complexity index is 1100. The van der Waals surface area contributed by atoms with Crippen LogP contribution in [0.25, 0.3) is 21.9 Å². The average Bonchev–Trinajstić information content (AvgIpc) is 3.03. The number of rotatable bonds is 2. The molecular formula is C19H17NO5. The van der Waals surface area contributed by atoms with Crippen molar-refractivity contribution in [2.45, 2.75) is 40.2 Å². The Morgan fingerprint density at radius 3 is 2.24 bits per heavy atom. The zero-order valence-electron chi connectivity index (χ0n) is 14.3. The molecule has 0 saturated carbocycles. The molecule has 25 heavy (non-hydrogen) atoms. The van der Waals surface area contributed by atoms with Crippen molar-refractivity contribution in [1.82, 2.24) is 4.90 Å². The van der Waals surface area contributed by atoms with Gasteiger partial charge < -0.3 is 8.83 Å². The lowest BCUT2D eigenvalue weighted by Gasteiger charge is -2.13. The summed E-state index contributed by atoms with van der Waals surface area (Å²) in [6.07, 6.45) is 0.528. The highest BCUT2D eigenvalue weighted by molar-refractivity contribution is 6.03. The minimum Gasteiger partial charge on any atom is -0.461 e. The highest BCUT2D eigenvalue weighted by Crippen LogP contribution is 2.35. The fraction of sp³-hybridized carbons (Fsp3) is 0.316. The van der Waals surface area contributed by atoms with E-state index in [0.29, 0.717) is 16.9 Å². The molecule has 2 aromatic heterocycles. The van der Waals surface area contributed by atoms with Crippen LogP contribution < -0.4 is 5.63 Å². The van der Waals surface area contributed by atoms with Gasteiger partial charge in [-0.15, -0.1) is 0 Å². The highest BCUT2D eigenvalue weighted by atomic mass is 16.4. The van der Waals surface area contributed by atoms with Crippen LogP contribution in [-0.4, -0.2) is 16.7 Å². The first-order valence-electron chi connectivity index (χ1n) is 8.16. The van der Waals surface area contributed by atoms with Gasteiger partial charge in [0.25, 0.3) is 0 Å². The molecule has 6 nitrogen and oxygen atoms in total. The molecule has 0 bridgehead atoms. The summed E-state index contributed by atoms with van der Waals surface area (Å²) in [5.74, 6) is 0.345. The number of hydrogen-bond donors (Lipinski definition) is 0. The van der Waals surface area contributed by atoms with Crippen molar-refractivity contribution in [1.29, 1.82) is 0 Å². The number of carbonyl (C=O) groups is 2. The lowest BCUT2D eigenvalue weighted by molar-refractivity contribution is -0.139. The van der Waals surface area contributed by atoms with Gasteiger partial charge in [0.1, 0.15) is 16.9 Å². The van der Waals surface area contributed by atoms with E-state index in [0.717, 1.165) is 27.5 Å². The molecular weight excluding hydrogens is 322 g/mol. The summed E-state index contributed by atoms with van der Waals surface area (Å²) in [6.45, 7) is 5.71. The van der Waals surface area contributed by atoms with Gasteiger partial charge in [0.15, 0.2) is 0 Å². The molecule has 6 heteroatoms. The summed E-state index contributed by atoms with van der Waals surface area (Å²) in [6, 6.07) is 3.36. The number of furan rings is 1. The molecule has 1 saturated heterocycles. The van der Waals surface area contributed by atoms with Gasteiger partial charge in [-0.25, -0.2) is 4.79 Å². The number of fused-ring (bicyclic) bond motifs is 2. The number of amides is 2. The van der Waals surface area contributed by atoms with Crippen LogP contribution in [0.4, 0.5) is 0 Å². The van der Waals surface area contributed by atoms with E-state index in [1.165, 1.54) is 11.0 Å². The van der Waals surface area contributed by atoms with E-state index >= 15 is 0 Å². The van der Waals surface area contributed by atoms with Gasteiger partial charge in [-0.2, -0.15) is 0 Å². The minimum absolute atomic E-state index is 0.154. The van der Waals surface area contributed by atoms with Crippen LogP contribution >= 0.6 is 0 Å². The van der Waals surface area contributed by atoms with Crippen LogP contribution in [0.5, 0.6) is 0 Å². The van der Waals surface area contributed by atoms with Crippen molar-refractivity contribution in [3.63, 3.8) is 0 Å².